The van der Waals surface area contributed by atoms with E-state index in [1.54, 1.807) is 6.07 Å². The van der Waals surface area contributed by atoms with E-state index in [-0.39, 0.29) is 41.5 Å². The topological polar surface area (TPSA) is 84.9 Å². The summed E-state index contributed by atoms with van der Waals surface area (Å²) < 4.78 is 12.8. The van der Waals surface area contributed by atoms with Gasteiger partial charge in [-0.25, -0.2) is 9.59 Å². The molecule has 1 saturated heterocycles. The molecule has 7 aliphatic rings. The van der Waals surface area contributed by atoms with Crippen LogP contribution in [0.15, 0.2) is 125 Å². The lowest BCUT2D eigenvalue weighted by atomic mass is 9.38. The first-order chi connectivity index (χ1) is 25.8. The van der Waals surface area contributed by atoms with Gasteiger partial charge in [0.05, 0.1) is 17.0 Å². The van der Waals surface area contributed by atoms with Gasteiger partial charge in [-0.2, -0.15) is 0 Å². The van der Waals surface area contributed by atoms with Crippen molar-refractivity contribution in [1.29, 1.82) is 0 Å². The third-order valence-corrected chi connectivity index (χ3v) is 13.2. The molecule has 0 radical (unpaired) electrons. The first kappa shape index (κ1) is 33.9. The Hall–Kier alpha value is -4.94. The van der Waals surface area contributed by atoms with E-state index in [9.17, 15) is 14.7 Å². The molecule has 270 valence electrons. The highest BCUT2D eigenvalue weighted by Gasteiger charge is 2.73. The zero-order chi connectivity index (χ0) is 36.5. The van der Waals surface area contributed by atoms with Crippen molar-refractivity contribution in [2.24, 2.45) is 28.6 Å². The highest BCUT2D eigenvalue weighted by molar-refractivity contribution is 6.08. The summed E-state index contributed by atoms with van der Waals surface area (Å²) in [5.41, 5.74) is 7.13. The molecular weight excluding hydrogens is 659 g/mol. The molecule has 0 aromatic heterocycles. The van der Waals surface area contributed by atoms with Crippen LogP contribution >= 0.6 is 0 Å². The highest BCUT2D eigenvalue weighted by Crippen LogP contribution is 2.76. The van der Waals surface area contributed by atoms with Gasteiger partial charge in [0.25, 0.3) is 0 Å². The summed E-state index contributed by atoms with van der Waals surface area (Å²) in [4.78, 5) is 29.2. The summed E-state index contributed by atoms with van der Waals surface area (Å²) in [6.07, 6.45) is 15.4. The smallest absolute Gasteiger partial charge is 0.340 e. The molecule has 0 amide bonds. The molecule has 2 N–H and O–H groups in total. The molecule has 3 aromatic rings. The first-order valence-electron chi connectivity index (χ1n) is 19.5. The molecule has 5 aliphatic carbocycles. The number of nitrogens with one attached hydrogen (secondary N) is 1. The van der Waals surface area contributed by atoms with Crippen LogP contribution in [0.2, 0.25) is 0 Å². The van der Waals surface area contributed by atoms with Gasteiger partial charge in [0, 0.05) is 22.5 Å². The summed E-state index contributed by atoms with van der Waals surface area (Å²) in [6.45, 7) is 4.32. The molecule has 2 heterocycles. The summed E-state index contributed by atoms with van der Waals surface area (Å²) >= 11 is 0. The fourth-order valence-corrected chi connectivity index (χ4v) is 10.9. The second-order valence-electron chi connectivity index (χ2n) is 15.8. The molecule has 6 nitrogen and oxygen atoms in total. The van der Waals surface area contributed by atoms with Crippen molar-refractivity contribution >= 4 is 17.5 Å². The molecule has 53 heavy (non-hydrogen) atoms. The standard InChI is InChI=1S/C47H47NO5/c1-4-6-15-38-34-18-21-46-22-20-37(48-3)31-14-10-13-30(26-31)33-17-16-32(49)27-35(33)40-36(46)19-23-47(43(46)41(34)44(50)52-38)39(53-45(51)42(40)47)25-28(5-2)24-29-11-8-7-9-12-29/h7-17,20,22,25-28,36-37,43,48-49H,4-6,18-19,21,23-24H2,1-3H3. The van der Waals surface area contributed by atoms with E-state index < -0.39 is 10.8 Å². The Bertz CT molecular complexity index is 2190. The lowest BCUT2D eigenvalue weighted by molar-refractivity contribution is -0.135. The van der Waals surface area contributed by atoms with Gasteiger partial charge in [0.2, 0.25) is 0 Å². The second kappa shape index (κ2) is 12.9. The first-order valence-corrected chi connectivity index (χ1v) is 19.5. The summed E-state index contributed by atoms with van der Waals surface area (Å²) in [7, 11) is 1.99. The number of aromatic hydroxyl groups is 1. The van der Waals surface area contributed by atoms with E-state index in [2.05, 4.69) is 92.0 Å². The third-order valence-electron chi connectivity index (χ3n) is 13.2. The Morgan fingerprint density at radius 2 is 1.79 bits per heavy atom. The number of fused-ring (bicyclic) bond motifs is 5. The predicted octanol–water partition coefficient (Wildman–Crippen LogP) is 9.70. The second-order valence-corrected chi connectivity index (χ2v) is 15.8. The Kier molecular flexibility index (Phi) is 8.23. The number of unbranched alkanes of at least 4 members (excludes halogenated alkanes) is 1. The molecule has 10 rings (SSSR count). The summed E-state index contributed by atoms with van der Waals surface area (Å²) in [6, 6.07) is 24.5. The Labute approximate surface area is 312 Å². The van der Waals surface area contributed by atoms with Gasteiger partial charge in [-0.3, -0.25) is 0 Å². The average Bonchev–Trinajstić information content (AvgIpc) is 3.65. The number of allylic oxidation sites excluding steroid dienone is 6. The van der Waals surface area contributed by atoms with Crippen LogP contribution in [0, 0.1) is 28.6 Å². The minimum Gasteiger partial charge on any atom is -0.508 e. The van der Waals surface area contributed by atoms with Gasteiger partial charge in [0.15, 0.2) is 0 Å². The van der Waals surface area contributed by atoms with Crippen molar-refractivity contribution in [3.8, 4) is 16.9 Å². The number of phenols is 1. The number of benzene rings is 3. The van der Waals surface area contributed by atoms with Crippen LogP contribution in [0.1, 0.15) is 81.5 Å². The van der Waals surface area contributed by atoms with E-state index in [4.69, 9.17) is 9.47 Å². The molecule has 6 atom stereocenters. The van der Waals surface area contributed by atoms with Crippen LogP contribution in [0.25, 0.3) is 16.7 Å². The number of cyclic esters (lactones) is 2. The van der Waals surface area contributed by atoms with E-state index in [1.807, 2.05) is 25.2 Å². The Morgan fingerprint density at radius 1 is 0.943 bits per heavy atom. The molecule has 6 unspecified atom stereocenters. The molecule has 2 aliphatic heterocycles. The molecule has 1 saturated carbocycles. The Morgan fingerprint density at radius 3 is 2.58 bits per heavy atom. The zero-order valence-electron chi connectivity index (χ0n) is 30.8. The normalized spacial score (nSPS) is 30.1. The summed E-state index contributed by atoms with van der Waals surface area (Å²) in [5.74, 6) is 0.549. The molecule has 2 spiro atoms. The maximum absolute atomic E-state index is 14.8. The van der Waals surface area contributed by atoms with Gasteiger partial charge >= 0.3 is 11.9 Å². The van der Waals surface area contributed by atoms with Gasteiger partial charge in [-0.1, -0.05) is 87.0 Å². The van der Waals surface area contributed by atoms with Gasteiger partial charge in [-0.05, 0) is 128 Å². The van der Waals surface area contributed by atoms with Gasteiger partial charge < -0.3 is 19.9 Å². The van der Waals surface area contributed by atoms with Crippen molar-refractivity contribution in [1.82, 2.24) is 5.32 Å². The van der Waals surface area contributed by atoms with E-state index in [0.717, 1.165) is 77.5 Å². The lowest BCUT2D eigenvalue weighted by Crippen LogP contribution is -2.58. The highest BCUT2D eigenvalue weighted by atomic mass is 16.5. The lowest BCUT2D eigenvalue weighted by Gasteiger charge is -2.62. The van der Waals surface area contributed by atoms with Gasteiger partial charge in [-0.15, -0.1) is 0 Å². The van der Waals surface area contributed by atoms with Crippen LogP contribution in [0.3, 0.4) is 0 Å². The molecule has 3 aromatic carbocycles. The number of esters is 2. The number of carbonyl (C=O) groups is 2. The van der Waals surface area contributed by atoms with Crippen LogP contribution in [-0.4, -0.2) is 24.1 Å². The van der Waals surface area contributed by atoms with Gasteiger partial charge in [0.1, 0.15) is 17.3 Å². The van der Waals surface area contributed by atoms with Crippen molar-refractivity contribution in [2.75, 3.05) is 7.05 Å². The fourth-order valence-electron chi connectivity index (χ4n) is 10.9. The minimum absolute atomic E-state index is 0.0776. The quantitative estimate of drug-likeness (QED) is 0.188. The zero-order valence-corrected chi connectivity index (χ0v) is 30.8. The maximum atomic E-state index is 14.8. The third kappa shape index (κ3) is 5.01. The number of likely N-dealkylation sites (N-methyl/N-ethyl adjacent to an activating group) is 1. The molecule has 6 bridgehead atoms. The number of ether oxygens (including phenoxy) is 2. The number of phenolic OH excluding ortho intramolecular Hbond substituents is 1. The van der Waals surface area contributed by atoms with E-state index >= 15 is 0 Å². The maximum Gasteiger partial charge on any atom is 0.340 e. The number of rotatable bonds is 7. The fraction of sp³-hybridized carbons (Fsp3) is 0.362. The number of carbonyl (C=O) groups excluding carboxylic acids is 2. The SMILES string of the molecule is CCCC=C1OC(=O)C2=C1CCC13C=CC(NC)c4cccc(c4)-c4ccc(O)cc4C4=C5C(=O)OC(=CC(CC)Cc6ccccc6)C5(CCC41)C23. The number of hydrogen-bond donors (Lipinski definition) is 2. The number of hydrogen-bond acceptors (Lipinski definition) is 6. The van der Waals surface area contributed by atoms with Crippen LogP contribution in [-0.2, 0) is 25.5 Å². The van der Waals surface area contributed by atoms with E-state index in [0.29, 0.717) is 29.9 Å². The van der Waals surface area contributed by atoms with Crippen molar-refractivity contribution in [3.05, 3.63) is 142 Å². The van der Waals surface area contributed by atoms with Crippen molar-refractivity contribution in [2.45, 2.75) is 71.3 Å². The minimum atomic E-state index is -0.889. The predicted molar refractivity (Wildman–Crippen MR) is 206 cm³/mol. The molecule has 2 fully saturated rings. The molecule has 6 heteroatoms. The largest absolute Gasteiger partial charge is 0.508 e. The van der Waals surface area contributed by atoms with Crippen LogP contribution in [0.5, 0.6) is 5.75 Å². The van der Waals surface area contributed by atoms with Crippen LogP contribution in [0.4, 0.5) is 0 Å². The average molecular weight is 706 g/mol. The van der Waals surface area contributed by atoms with Crippen LogP contribution < -0.4 is 5.32 Å². The van der Waals surface area contributed by atoms with Crippen molar-refractivity contribution in [3.63, 3.8) is 0 Å². The Balaban J connectivity index is 1.37. The van der Waals surface area contributed by atoms with Crippen molar-refractivity contribution < 1.29 is 24.2 Å². The van der Waals surface area contributed by atoms with E-state index in [1.165, 1.54) is 5.56 Å². The summed E-state index contributed by atoms with van der Waals surface area (Å²) in [5, 5.41) is 14.7. The molecular formula is C47H47NO5. The monoisotopic (exact) mass is 705 g/mol.